The molecule has 0 bridgehead atoms. The molecule has 0 spiro atoms. The smallest absolute Gasteiger partial charge is 0.274 e. The summed E-state index contributed by atoms with van der Waals surface area (Å²) in [4.78, 5) is 19.0. The number of hydrogen-bond acceptors (Lipinski definition) is 3. The summed E-state index contributed by atoms with van der Waals surface area (Å²) in [5.41, 5.74) is 0.569. The number of amides is 1. The SMILES string of the molecule is CCCCCN(C(=O)c1cn2c(n1)NCCC2)C(C)C. The third kappa shape index (κ3) is 3.32. The molecule has 1 amide bonds. The molecule has 5 heteroatoms. The molecule has 1 aromatic heterocycles. The summed E-state index contributed by atoms with van der Waals surface area (Å²) in [6.45, 7) is 9.02. The van der Waals surface area contributed by atoms with Crippen molar-refractivity contribution in [1.82, 2.24) is 14.5 Å². The summed E-state index contributed by atoms with van der Waals surface area (Å²) in [6.07, 6.45) is 6.37. The Morgan fingerprint density at radius 1 is 1.50 bits per heavy atom. The average Bonchev–Trinajstić information content (AvgIpc) is 2.86. The highest BCUT2D eigenvalue weighted by atomic mass is 16.2. The van der Waals surface area contributed by atoms with Gasteiger partial charge in [-0.05, 0) is 26.7 Å². The molecule has 1 aromatic rings. The normalized spacial score (nSPS) is 14.0. The number of carbonyl (C=O) groups excluding carboxylic acids is 1. The van der Waals surface area contributed by atoms with E-state index in [1.807, 2.05) is 15.7 Å². The molecule has 0 saturated carbocycles. The standard InChI is InChI=1S/C15H26N4O/c1-4-5-6-10-19(12(2)3)14(20)13-11-18-9-7-8-16-15(18)17-13/h11-12H,4-10H2,1-3H3,(H,16,17). The number of carbonyl (C=O) groups is 1. The minimum atomic E-state index is 0.0554. The van der Waals surface area contributed by atoms with Gasteiger partial charge in [0, 0.05) is 31.9 Å². The Bertz CT molecular complexity index is 429. The topological polar surface area (TPSA) is 50.2 Å². The highest BCUT2D eigenvalue weighted by Crippen LogP contribution is 2.16. The van der Waals surface area contributed by atoms with Crippen molar-refractivity contribution in [3.05, 3.63) is 11.9 Å². The summed E-state index contributed by atoms with van der Waals surface area (Å²) in [7, 11) is 0. The van der Waals surface area contributed by atoms with Gasteiger partial charge in [-0.25, -0.2) is 4.98 Å². The fraction of sp³-hybridized carbons (Fsp3) is 0.733. The zero-order valence-electron chi connectivity index (χ0n) is 12.9. The molecule has 0 atom stereocenters. The van der Waals surface area contributed by atoms with E-state index in [-0.39, 0.29) is 11.9 Å². The summed E-state index contributed by atoms with van der Waals surface area (Å²) in [6, 6.07) is 0.214. The lowest BCUT2D eigenvalue weighted by Gasteiger charge is -2.25. The van der Waals surface area contributed by atoms with Gasteiger partial charge in [0.15, 0.2) is 0 Å². The molecule has 0 saturated heterocycles. The highest BCUT2D eigenvalue weighted by Gasteiger charge is 2.23. The van der Waals surface area contributed by atoms with Crippen LogP contribution in [0.5, 0.6) is 0 Å². The molecule has 1 aliphatic rings. The number of hydrogen-bond donors (Lipinski definition) is 1. The van der Waals surface area contributed by atoms with Crippen LogP contribution >= 0.6 is 0 Å². The third-order valence-electron chi connectivity index (χ3n) is 3.74. The van der Waals surface area contributed by atoms with Crippen LogP contribution in [0.25, 0.3) is 0 Å². The number of nitrogens with one attached hydrogen (secondary N) is 1. The molecular formula is C15H26N4O. The number of fused-ring (bicyclic) bond motifs is 1. The van der Waals surface area contributed by atoms with Crippen molar-refractivity contribution in [3.8, 4) is 0 Å². The maximum atomic E-state index is 12.6. The number of unbranched alkanes of at least 4 members (excludes halogenated alkanes) is 2. The minimum absolute atomic E-state index is 0.0554. The van der Waals surface area contributed by atoms with E-state index in [1.165, 1.54) is 6.42 Å². The highest BCUT2D eigenvalue weighted by molar-refractivity contribution is 5.92. The summed E-state index contributed by atoms with van der Waals surface area (Å²) >= 11 is 0. The molecular weight excluding hydrogens is 252 g/mol. The van der Waals surface area contributed by atoms with E-state index in [0.717, 1.165) is 44.8 Å². The van der Waals surface area contributed by atoms with Gasteiger partial charge in [0.2, 0.25) is 5.95 Å². The summed E-state index contributed by atoms with van der Waals surface area (Å²) in [5.74, 6) is 0.886. The number of rotatable bonds is 6. The van der Waals surface area contributed by atoms with Gasteiger partial charge >= 0.3 is 0 Å². The van der Waals surface area contributed by atoms with Crippen LogP contribution in [0.1, 0.15) is 56.9 Å². The van der Waals surface area contributed by atoms with Crippen LogP contribution in [0.2, 0.25) is 0 Å². The number of imidazole rings is 1. The van der Waals surface area contributed by atoms with E-state index < -0.39 is 0 Å². The van der Waals surface area contributed by atoms with Crippen LogP contribution in [0, 0.1) is 0 Å². The molecule has 0 radical (unpaired) electrons. The number of aromatic nitrogens is 2. The molecule has 0 aromatic carbocycles. The first kappa shape index (κ1) is 14.9. The van der Waals surface area contributed by atoms with Gasteiger partial charge in [-0.2, -0.15) is 0 Å². The first-order valence-electron chi connectivity index (χ1n) is 7.75. The Hall–Kier alpha value is -1.52. The number of nitrogens with zero attached hydrogens (tertiary/aromatic N) is 3. The van der Waals surface area contributed by atoms with Crippen LogP contribution in [-0.2, 0) is 6.54 Å². The fourth-order valence-corrected chi connectivity index (χ4v) is 2.55. The van der Waals surface area contributed by atoms with Gasteiger partial charge in [0.05, 0.1) is 0 Å². The molecule has 2 heterocycles. The predicted octanol–water partition coefficient (Wildman–Crippen LogP) is 2.74. The first-order chi connectivity index (χ1) is 9.63. The van der Waals surface area contributed by atoms with Gasteiger partial charge in [0.25, 0.3) is 5.91 Å². The van der Waals surface area contributed by atoms with Crippen molar-refractivity contribution in [1.29, 1.82) is 0 Å². The van der Waals surface area contributed by atoms with E-state index in [1.54, 1.807) is 0 Å². The summed E-state index contributed by atoms with van der Waals surface area (Å²) < 4.78 is 2.04. The van der Waals surface area contributed by atoms with Crippen molar-refractivity contribution >= 4 is 11.9 Å². The van der Waals surface area contributed by atoms with Crippen molar-refractivity contribution < 1.29 is 4.79 Å². The van der Waals surface area contributed by atoms with Crippen molar-refractivity contribution in [2.75, 3.05) is 18.4 Å². The summed E-state index contributed by atoms with van der Waals surface area (Å²) in [5, 5.41) is 3.24. The van der Waals surface area contributed by atoms with Crippen LogP contribution in [0.15, 0.2) is 6.20 Å². The Morgan fingerprint density at radius 2 is 2.30 bits per heavy atom. The quantitative estimate of drug-likeness (QED) is 0.814. The minimum Gasteiger partial charge on any atom is -0.356 e. The number of anilines is 1. The Labute approximate surface area is 121 Å². The zero-order valence-corrected chi connectivity index (χ0v) is 12.9. The first-order valence-corrected chi connectivity index (χ1v) is 7.75. The van der Waals surface area contributed by atoms with Crippen molar-refractivity contribution in [3.63, 3.8) is 0 Å². The molecule has 5 nitrogen and oxygen atoms in total. The van der Waals surface area contributed by atoms with E-state index in [2.05, 4.69) is 31.1 Å². The Kier molecular flexibility index (Phi) is 5.04. The fourth-order valence-electron chi connectivity index (χ4n) is 2.55. The van der Waals surface area contributed by atoms with Crippen LogP contribution in [-0.4, -0.2) is 39.5 Å². The van der Waals surface area contributed by atoms with E-state index in [4.69, 9.17) is 0 Å². The van der Waals surface area contributed by atoms with Gasteiger partial charge < -0.3 is 14.8 Å². The maximum Gasteiger partial charge on any atom is 0.274 e. The molecule has 20 heavy (non-hydrogen) atoms. The van der Waals surface area contributed by atoms with Crippen LogP contribution in [0.3, 0.4) is 0 Å². The molecule has 2 rings (SSSR count). The zero-order chi connectivity index (χ0) is 14.5. The lowest BCUT2D eigenvalue weighted by molar-refractivity contribution is 0.0696. The molecule has 0 fully saturated rings. The van der Waals surface area contributed by atoms with Crippen LogP contribution in [0.4, 0.5) is 5.95 Å². The largest absolute Gasteiger partial charge is 0.356 e. The molecule has 1 aliphatic heterocycles. The third-order valence-corrected chi connectivity index (χ3v) is 3.74. The second kappa shape index (κ2) is 6.77. The van der Waals surface area contributed by atoms with Gasteiger partial charge in [-0.15, -0.1) is 0 Å². The Morgan fingerprint density at radius 3 is 2.95 bits per heavy atom. The molecule has 112 valence electrons. The monoisotopic (exact) mass is 278 g/mol. The van der Waals surface area contributed by atoms with E-state index in [9.17, 15) is 4.79 Å². The predicted molar refractivity (Wildman–Crippen MR) is 81.0 cm³/mol. The lowest BCUT2D eigenvalue weighted by atomic mass is 10.2. The number of aryl methyl sites for hydroxylation is 1. The second-order valence-electron chi connectivity index (χ2n) is 5.72. The lowest BCUT2D eigenvalue weighted by Crippen LogP contribution is -2.38. The van der Waals surface area contributed by atoms with E-state index in [0.29, 0.717) is 5.69 Å². The maximum absolute atomic E-state index is 12.6. The molecule has 0 unspecified atom stereocenters. The van der Waals surface area contributed by atoms with Crippen LogP contribution < -0.4 is 5.32 Å². The van der Waals surface area contributed by atoms with Crippen molar-refractivity contribution in [2.24, 2.45) is 0 Å². The molecule has 1 N–H and O–H groups in total. The van der Waals surface area contributed by atoms with Gasteiger partial charge in [-0.1, -0.05) is 19.8 Å². The molecule has 0 aliphatic carbocycles. The second-order valence-corrected chi connectivity index (χ2v) is 5.72. The average molecular weight is 278 g/mol. The van der Waals surface area contributed by atoms with Gasteiger partial charge in [-0.3, -0.25) is 4.79 Å². The van der Waals surface area contributed by atoms with E-state index >= 15 is 0 Å². The Balaban J connectivity index is 2.08. The van der Waals surface area contributed by atoms with Crippen molar-refractivity contribution in [2.45, 2.75) is 59.0 Å². The van der Waals surface area contributed by atoms with Gasteiger partial charge in [0.1, 0.15) is 5.69 Å².